The van der Waals surface area contributed by atoms with Crippen molar-refractivity contribution in [3.63, 3.8) is 0 Å². The van der Waals surface area contributed by atoms with Crippen LogP contribution in [0.15, 0.2) is 24.3 Å². The van der Waals surface area contributed by atoms with Crippen LogP contribution in [0, 0.1) is 0 Å². The number of nitrogens with one attached hydrogen (secondary N) is 1. The van der Waals surface area contributed by atoms with Crippen LogP contribution in [-0.2, 0) is 6.42 Å². The Morgan fingerprint density at radius 1 is 1.38 bits per heavy atom. The van der Waals surface area contributed by atoms with E-state index in [4.69, 9.17) is 17.3 Å². The number of nitrogens with two attached hydrogens (primary N) is 1. The number of aromatic amines is 1. The highest BCUT2D eigenvalue weighted by Crippen LogP contribution is 2.36. The lowest BCUT2D eigenvalue weighted by Gasteiger charge is -2.05. The summed E-state index contributed by atoms with van der Waals surface area (Å²) in [6, 6.07) is 8.15. The van der Waals surface area contributed by atoms with Crippen molar-refractivity contribution in [1.82, 2.24) is 4.98 Å². The average molecular weight is 235 g/mol. The Kier molecular flexibility index (Phi) is 2.23. The minimum absolute atomic E-state index is 0.126. The first-order chi connectivity index (χ1) is 7.66. The molecule has 3 N–H and O–H groups in total. The van der Waals surface area contributed by atoms with Gasteiger partial charge in [0, 0.05) is 16.6 Å². The van der Waals surface area contributed by atoms with E-state index in [1.165, 1.54) is 23.9 Å². The second-order valence-electron chi connectivity index (χ2n) is 4.86. The molecule has 1 aliphatic rings. The van der Waals surface area contributed by atoms with Gasteiger partial charge < -0.3 is 10.7 Å². The molecule has 2 aromatic rings. The van der Waals surface area contributed by atoms with Crippen LogP contribution in [0.5, 0.6) is 0 Å². The molecule has 1 heterocycles. The van der Waals surface area contributed by atoms with Crippen molar-refractivity contribution in [2.75, 3.05) is 0 Å². The quantitative estimate of drug-likeness (QED) is 0.841. The lowest BCUT2D eigenvalue weighted by molar-refractivity contribution is 0.605. The number of hydrogen-bond donors (Lipinski definition) is 2. The third-order valence-electron chi connectivity index (χ3n) is 3.45. The molecule has 0 radical (unpaired) electrons. The average Bonchev–Trinajstić information content (AvgIpc) is 2.84. The molecule has 16 heavy (non-hydrogen) atoms. The molecule has 0 spiro atoms. The van der Waals surface area contributed by atoms with E-state index in [1.807, 2.05) is 12.1 Å². The van der Waals surface area contributed by atoms with E-state index in [2.05, 4.69) is 17.1 Å². The van der Waals surface area contributed by atoms with Gasteiger partial charge in [-0.25, -0.2) is 0 Å². The number of benzene rings is 1. The predicted molar refractivity (Wildman–Crippen MR) is 67.8 cm³/mol. The summed E-state index contributed by atoms with van der Waals surface area (Å²) in [6.07, 6.45) is 4.43. The zero-order valence-corrected chi connectivity index (χ0v) is 9.85. The fourth-order valence-corrected chi connectivity index (χ4v) is 2.34. The largest absolute Gasteiger partial charge is 0.357 e. The molecule has 2 nitrogen and oxygen atoms in total. The molecule has 1 saturated carbocycles. The molecule has 0 aliphatic heterocycles. The van der Waals surface area contributed by atoms with Crippen LogP contribution in [0.1, 0.15) is 25.0 Å². The van der Waals surface area contributed by atoms with Crippen LogP contribution in [-0.4, -0.2) is 10.5 Å². The Bertz CT molecular complexity index is 526. The van der Waals surface area contributed by atoms with Gasteiger partial charge >= 0.3 is 0 Å². The number of rotatable bonds is 3. The maximum absolute atomic E-state index is 6.12. The standard InChI is InChI=1S/C13H15ClN2/c14-11-3-1-2-9-8-10(16-12(9)11)4-5-13(15)6-7-13/h1-3,8,16H,4-7,15H2. The van der Waals surface area contributed by atoms with Crippen molar-refractivity contribution < 1.29 is 0 Å². The smallest absolute Gasteiger partial charge is 0.0647 e. The van der Waals surface area contributed by atoms with E-state index in [-0.39, 0.29) is 5.54 Å². The summed E-state index contributed by atoms with van der Waals surface area (Å²) >= 11 is 6.12. The highest BCUT2D eigenvalue weighted by atomic mass is 35.5. The van der Waals surface area contributed by atoms with Crippen LogP contribution in [0.3, 0.4) is 0 Å². The van der Waals surface area contributed by atoms with Crippen LogP contribution < -0.4 is 5.73 Å². The first-order valence-corrected chi connectivity index (χ1v) is 6.09. The molecule has 3 rings (SSSR count). The van der Waals surface area contributed by atoms with Crippen LogP contribution in [0.25, 0.3) is 10.9 Å². The minimum atomic E-state index is 0.126. The highest BCUT2D eigenvalue weighted by Gasteiger charge is 2.37. The number of hydrogen-bond acceptors (Lipinski definition) is 1. The number of H-pyrrole nitrogens is 1. The van der Waals surface area contributed by atoms with E-state index in [1.54, 1.807) is 0 Å². The van der Waals surface area contributed by atoms with Gasteiger partial charge in [0.1, 0.15) is 0 Å². The van der Waals surface area contributed by atoms with E-state index < -0.39 is 0 Å². The normalized spacial score (nSPS) is 17.9. The second-order valence-corrected chi connectivity index (χ2v) is 5.27. The van der Waals surface area contributed by atoms with Crippen molar-refractivity contribution in [1.29, 1.82) is 0 Å². The van der Waals surface area contributed by atoms with Crippen molar-refractivity contribution in [2.45, 2.75) is 31.2 Å². The third kappa shape index (κ3) is 1.83. The topological polar surface area (TPSA) is 41.8 Å². The van der Waals surface area contributed by atoms with E-state index in [0.29, 0.717) is 0 Å². The summed E-state index contributed by atoms with van der Waals surface area (Å²) in [6.45, 7) is 0. The second kappa shape index (κ2) is 3.51. The molecule has 84 valence electrons. The first kappa shape index (κ1) is 10.2. The lowest BCUT2D eigenvalue weighted by atomic mass is 10.1. The molecule has 3 heteroatoms. The fraction of sp³-hybridized carbons (Fsp3) is 0.385. The number of para-hydroxylation sites is 1. The van der Waals surface area contributed by atoms with Crippen LogP contribution in [0.2, 0.25) is 5.02 Å². The summed E-state index contributed by atoms with van der Waals surface area (Å²) in [5, 5.41) is 1.97. The molecular weight excluding hydrogens is 220 g/mol. The predicted octanol–water partition coefficient (Wildman–Crippen LogP) is 3.25. The Morgan fingerprint density at radius 2 is 2.19 bits per heavy atom. The Hall–Kier alpha value is -0.990. The number of aryl methyl sites for hydroxylation is 1. The van der Waals surface area contributed by atoms with Gasteiger partial charge in [0.25, 0.3) is 0 Å². The summed E-state index contributed by atoms with van der Waals surface area (Å²) < 4.78 is 0. The van der Waals surface area contributed by atoms with Crippen molar-refractivity contribution >= 4 is 22.5 Å². The zero-order valence-electron chi connectivity index (χ0n) is 9.09. The van der Waals surface area contributed by atoms with Gasteiger partial charge in [0.2, 0.25) is 0 Å². The van der Waals surface area contributed by atoms with Crippen LogP contribution in [0.4, 0.5) is 0 Å². The zero-order chi connectivity index (χ0) is 11.2. The molecule has 0 bridgehead atoms. The highest BCUT2D eigenvalue weighted by molar-refractivity contribution is 6.35. The minimum Gasteiger partial charge on any atom is -0.357 e. The first-order valence-electron chi connectivity index (χ1n) is 5.71. The van der Waals surface area contributed by atoms with Gasteiger partial charge in [-0.3, -0.25) is 0 Å². The lowest BCUT2D eigenvalue weighted by Crippen LogP contribution is -2.22. The Labute approximate surface area is 99.8 Å². The third-order valence-corrected chi connectivity index (χ3v) is 3.76. The number of fused-ring (bicyclic) bond motifs is 1. The summed E-state index contributed by atoms with van der Waals surface area (Å²) in [4.78, 5) is 3.38. The van der Waals surface area contributed by atoms with Gasteiger partial charge in [-0.05, 0) is 37.8 Å². The van der Waals surface area contributed by atoms with Gasteiger partial charge in [0.05, 0.1) is 10.5 Å². The van der Waals surface area contributed by atoms with E-state index in [0.717, 1.165) is 23.4 Å². The van der Waals surface area contributed by atoms with E-state index in [9.17, 15) is 0 Å². The summed E-state index contributed by atoms with van der Waals surface area (Å²) in [5.74, 6) is 0. The van der Waals surface area contributed by atoms with Gasteiger partial charge in [-0.2, -0.15) is 0 Å². The van der Waals surface area contributed by atoms with Crippen molar-refractivity contribution in [2.24, 2.45) is 5.73 Å². The summed E-state index contributed by atoms with van der Waals surface area (Å²) in [5.41, 5.74) is 8.48. The van der Waals surface area contributed by atoms with Crippen LogP contribution >= 0.6 is 11.6 Å². The molecule has 0 saturated heterocycles. The van der Waals surface area contributed by atoms with Crippen molar-refractivity contribution in [3.8, 4) is 0 Å². The maximum Gasteiger partial charge on any atom is 0.0647 e. The van der Waals surface area contributed by atoms with Gasteiger partial charge in [-0.1, -0.05) is 23.7 Å². The Morgan fingerprint density at radius 3 is 2.88 bits per heavy atom. The molecule has 0 atom stereocenters. The molecule has 0 unspecified atom stereocenters. The van der Waals surface area contributed by atoms with Gasteiger partial charge in [-0.15, -0.1) is 0 Å². The number of halogens is 1. The fourth-order valence-electron chi connectivity index (χ4n) is 2.11. The van der Waals surface area contributed by atoms with Crippen molar-refractivity contribution in [3.05, 3.63) is 35.0 Å². The molecule has 1 aromatic carbocycles. The molecule has 1 aromatic heterocycles. The molecular formula is C13H15ClN2. The molecule has 1 aliphatic carbocycles. The Balaban J connectivity index is 1.85. The van der Waals surface area contributed by atoms with Gasteiger partial charge in [0.15, 0.2) is 0 Å². The summed E-state index contributed by atoms with van der Waals surface area (Å²) in [7, 11) is 0. The molecule has 1 fully saturated rings. The number of aromatic nitrogens is 1. The molecule has 0 amide bonds. The monoisotopic (exact) mass is 234 g/mol. The van der Waals surface area contributed by atoms with E-state index >= 15 is 0 Å². The SMILES string of the molecule is NC1(CCc2cc3cccc(Cl)c3[nH]2)CC1. The maximum atomic E-state index is 6.12.